The van der Waals surface area contributed by atoms with Gasteiger partial charge in [-0.3, -0.25) is 0 Å². The number of nitrogens with one attached hydrogen (secondary N) is 1. The van der Waals surface area contributed by atoms with E-state index in [0.29, 0.717) is 0 Å². The van der Waals surface area contributed by atoms with Gasteiger partial charge < -0.3 is 15.0 Å². The lowest BCUT2D eigenvalue weighted by Gasteiger charge is -2.13. The zero-order valence-electron chi connectivity index (χ0n) is 14.3. The summed E-state index contributed by atoms with van der Waals surface area (Å²) >= 11 is 1.67. The Morgan fingerprint density at radius 3 is 2.56 bits per heavy atom. The second-order valence-corrected chi connectivity index (χ2v) is 6.98. The van der Waals surface area contributed by atoms with Crippen LogP contribution in [0.3, 0.4) is 0 Å². The Balaban J connectivity index is 1.76. The maximum atomic E-state index is 5.33. The van der Waals surface area contributed by atoms with E-state index < -0.39 is 0 Å². The molecule has 126 valence electrons. The van der Waals surface area contributed by atoms with Gasteiger partial charge in [0.2, 0.25) is 0 Å². The zero-order valence-corrected chi connectivity index (χ0v) is 15.1. The number of hydrogen-bond acceptors (Lipinski definition) is 6. The van der Waals surface area contributed by atoms with Crippen LogP contribution in [0.5, 0.6) is 5.75 Å². The van der Waals surface area contributed by atoms with Crippen molar-refractivity contribution in [3.05, 3.63) is 48.8 Å². The molecule has 0 saturated carbocycles. The molecular formula is C19H18N4OS. The van der Waals surface area contributed by atoms with Crippen LogP contribution in [0.1, 0.15) is 0 Å². The molecule has 0 unspecified atom stereocenters. The number of anilines is 3. The summed E-state index contributed by atoms with van der Waals surface area (Å²) in [7, 11) is 5.74. The van der Waals surface area contributed by atoms with Gasteiger partial charge >= 0.3 is 0 Å². The van der Waals surface area contributed by atoms with Gasteiger partial charge in [0.1, 0.15) is 12.1 Å². The molecule has 2 aromatic heterocycles. The molecule has 0 spiro atoms. The summed E-state index contributed by atoms with van der Waals surface area (Å²) in [5.74, 6) is 1.67. The minimum atomic E-state index is 0.822. The Bertz CT molecular complexity index is 1040. The monoisotopic (exact) mass is 350 g/mol. The van der Waals surface area contributed by atoms with Crippen LogP contribution < -0.4 is 15.0 Å². The Morgan fingerprint density at radius 2 is 1.84 bits per heavy atom. The maximum Gasteiger partial charge on any atom is 0.151 e. The molecule has 0 fully saturated rings. The molecule has 5 nitrogen and oxygen atoms in total. The summed E-state index contributed by atoms with van der Waals surface area (Å²) in [6.07, 6.45) is 1.61. The first kappa shape index (κ1) is 15.7. The van der Waals surface area contributed by atoms with E-state index in [9.17, 15) is 0 Å². The van der Waals surface area contributed by atoms with Crippen molar-refractivity contribution in [1.29, 1.82) is 0 Å². The Labute approximate surface area is 149 Å². The van der Waals surface area contributed by atoms with Crippen molar-refractivity contribution in [3.63, 3.8) is 0 Å². The number of hydrogen-bond donors (Lipinski definition) is 1. The predicted octanol–water partition coefficient (Wildman–Crippen LogP) is 4.66. The SMILES string of the molecule is COc1ccc2c(c1)sc1c(Nc3ccc(N(C)C)cc3)ncnc12. The lowest BCUT2D eigenvalue weighted by atomic mass is 10.2. The van der Waals surface area contributed by atoms with E-state index >= 15 is 0 Å². The Hall–Kier alpha value is -2.86. The van der Waals surface area contributed by atoms with Gasteiger partial charge in [0, 0.05) is 35.6 Å². The smallest absolute Gasteiger partial charge is 0.151 e. The van der Waals surface area contributed by atoms with E-state index in [1.807, 2.05) is 26.2 Å². The second-order valence-electron chi connectivity index (χ2n) is 5.93. The van der Waals surface area contributed by atoms with E-state index in [4.69, 9.17) is 4.74 Å². The highest BCUT2D eigenvalue weighted by Gasteiger charge is 2.12. The average Bonchev–Trinajstić information content (AvgIpc) is 3.01. The lowest BCUT2D eigenvalue weighted by molar-refractivity contribution is 0.415. The number of nitrogens with zero attached hydrogens (tertiary/aromatic N) is 3. The van der Waals surface area contributed by atoms with Crippen LogP contribution in [0.15, 0.2) is 48.8 Å². The molecule has 0 radical (unpaired) electrons. The van der Waals surface area contributed by atoms with Crippen molar-refractivity contribution in [2.75, 3.05) is 31.4 Å². The standard InChI is InChI=1S/C19H18N4OS/c1-23(2)13-6-4-12(5-7-13)22-19-18-17(20-11-21-19)15-9-8-14(24-3)10-16(15)25-18/h4-11H,1-3H3,(H,20,21,22). The first-order valence-corrected chi connectivity index (χ1v) is 8.73. The molecule has 4 rings (SSSR count). The van der Waals surface area contributed by atoms with Gasteiger partial charge in [-0.1, -0.05) is 0 Å². The molecule has 0 bridgehead atoms. The molecule has 25 heavy (non-hydrogen) atoms. The molecule has 2 heterocycles. The molecule has 6 heteroatoms. The third-order valence-corrected chi connectivity index (χ3v) is 5.25. The quantitative estimate of drug-likeness (QED) is 0.580. The second kappa shape index (κ2) is 6.22. The fraction of sp³-hybridized carbons (Fsp3) is 0.158. The minimum Gasteiger partial charge on any atom is -0.497 e. The fourth-order valence-electron chi connectivity index (χ4n) is 2.75. The van der Waals surface area contributed by atoms with Gasteiger partial charge in [-0.05, 0) is 42.5 Å². The molecule has 1 N–H and O–H groups in total. The van der Waals surface area contributed by atoms with Gasteiger partial charge in [0.25, 0.3) is 0 Å². The first-order valence-electron chi connectivity index (χ1n) is 7.91. The van der Waals surface area contributed by atoms with E-state index in [1.54, 1.807) is 24.8 Å². The topological polar surface area (TPSA) is 50.3 Å². The maximum absolute atomic E-state index is 5.33. The predicted molar refractivity (Wildman–Crippen MR) is 106 cm³/mol. The number of aromatic nitrogens is 2. The van der Waals surface area contributed by atoms with E-state index in [-0.39, 0.29) is 0 Å². The number of fused-ring (bicyclic) bond motifs is 3. The number of rotatable bonds is 4. The summed E-state index contributed by atoms with van der Waals surface area (Å²) in [5, 5.41) is 4.53. The van der Waals surface area contributed by atoms with Gasteiger partial charge in [-0.2, -0.15) is 0 Å². The van der Waals surface area contributed by atoms with Crippen LogP contribution in [0.25, 0.3) is 20.3 Å². The van der Waals surface area contributed by atoms with Gasteiger partial charge in [0.05, 0.1) is 17.3 Å². The van der Waals surface area contributed by atoms with Crippen LogP contribution in [0.2, 0.25) is 0 Å². The average molecular weight is 350 g/mol. The third kappa shape index (κ3) is 2.85. The first-order chi connectivity index (χ1) is 12.2. The van der Waals surface area contributed by atoms with Crippen LogP contribution in [-0.2, 0) is 0 Å². The van der Waals surface area contributed by atoms with Crippen molar-refractivity contribution in [2.45, 2.75) is 0 Å². The van der Waals surface area contributed by atoms with E-state index in [2.05, 4.69) is 50.5 Å². The third-order valence-electron chi connectivity index (χ3n) is 4.11. The van der Waals surface area contributed by atoms with Gasteiger partial charge in [0.15, 0.2) is 5.82 Å². The fourth-order valence-corrected chi connectivity index (χ4v) is 3.88. The molecule has 0 aliphatic heterocycles. The summed E-state index contributed by atoms with van der Waals surface area (Å²) in [5.41, 5.74) is 3.12. The molecule has 0 aliphatic carbocycles. The Kier molecular flexibility index (Phi) is 3.89. The molecule has 2 aromatic carbocycles. The van der Waals surface area contributed by atoms with E-state index in [0.717, 1.165) is 43.2 Å². The highest BCUT2D eigenvalue weighted by Crippen LogP contribution is 2.38. The van der Waals surface area contributed by atoms with Gasteiger partial charge in [-0.25, -0.2) is 9.97 Å². The molecule has 0 saturated heterocycles. The van der Waals surface area contributed by atoms with Gasteiger partial charge in [-0.15, -0.1) is 11.3 Å². The Morgan fingerprint density at radius 1 is 1.04 bits per heavy atom. The largest absolute Gasteiger partial charge is 0.497 e. The number of benzene rings is 2. The highest BCUT2D eigenvalue weighted by molar-refractivity contribution is 7.26. The van der Waals surface area contributed by atoms with Crippen LogP contribution >= 0.6 is 11.3 Å². The summed E-state index contributed by atoms with van der Waals surface area (Å²) < 4.78 is 7.51. The molecule has 0 amide bonds. The zero-order chi connectivity index (χ0) is 17.4. The molecule has 0 atom stereocenters. The number of ether oxygens (including phenoxy) is 1. The molecule has 4 aromatic rings. The number of methoxy groups -OCH3 is 1. The van der Waals surface area contributed by atoms with Crippen LogP contribution in [0.4, 0.5) is 17.2 Å². The van der Waals surface area contributed by atoms with Crippen molar-refractivity contribution in [3.8, 4) is 5.75 Å². The summed E-state index contributed by atoms with van der Waals surface area (Å²) in [4.78, 5) is 11.0. The summed E-state index contributed by atoms with van der Waals surface area (Å²) in [6.45, 7) is 0. The van der Waals surface area contributed by atoms with Crippen LogP contribution in [0, 0.1) is 0 Å². The summed E-state index contributed by atoms with van der Waals surface area (Å²) in [6, 6.07) is 14.3. The van der Waals surface area contributed by atoms with Crippen molar-refractivity contribution < 1.29 is 4.74 Å². The molecule has 0 aliphatic rings. The van der Waals surface area contributed by atoms with Crippen molar-refractivity contribution in [2.24, 2.45) is 0 Å². The molecular weight excluding hydrogens is 332 g/mol. The van der Waals surface area contributed by atoms with Crippen LogP contribution in [-0.4, -0.2) is 31.2 Å². The lowest BCUT2D eigenvalue weighted by Crippen LogP contribution is -2.08. The normalized spacial score (nSPS) is 11.0. The van der Waals surface area contributed by atoms with E-state index in [1.165, 1.54) is 0 Å². The van der Waals surface area contributed by atoms with Crippen molar-refractivity contribution >= 4 is 48.8 Å². The van der Waals surface area contributed by atoms with Crippen molar-refractivity contribution in [1.82, 2.24) is 9.97 Å². The minimum absolute atomic E-state index is 0.822. The highest BCUT2D eigenvalue weighted by atomic mass is 32.1. The number of thiophene rings is 1.